The van der Waals surface area contributed by atoms with E-state index in [-0.39, 0.29) is 22.0 Å². The molecule has 0 aromatic heterocycles. The predicted octanol–water partition coefficient (Wildman–Crippen LogP) is 4.69. The van der Waals surface area contributed by atoms with Crippen LogP contribution < -0.4 is 0 Å². The number of carbonyl (C=O) groups excluding carboxylic acids is 1. The van der Waals surface area contributed by atoms with Gasteiger partial charge >= 0.3 is 5.97 Å². The van der Waals surface area contributed by atoms with Gasteiger partial charge in [-0.1, -0.05) is 13.8 Å². The minimum absolute atomic E-state index is 0.0294. The standard InChI is InChI=1S/C19H35NO3S/c1-17(2,3)23-16(21)15-12-14(13-19(15,7)8)10-9-11-20-24(22)18(4,5)6/h11,14-15H,9-10,12-13H2,1-8H3/b20-11+/t14-,15?,24?/m1/s1. The Morgan fingerprint density at radius 3 is 2.33 bits per heavy atom. The van der Waals surface area contributed by atoms with E-state index in [1.807, 2.05) is 41.5 Å². The molecule has 0 bridgehead atoms. The van der Waals surface area contributed by atoms with Gasteiger partial charge in [-0.3, -0.25) is 4.79 Å². The molecule has 0 aromatic carbocycles. The van der Waals surface area contributed by atoms with E-state index in [1.165, 1.54) is 0 Å². The third-order valence-electron chi connectivity index (χ3n) is 4.42. The van der Waals surface area contributed by atoms with Crippen molar-refractivity contribution in [2.24, 2.45) is 21.6 Å². The van der Waals surface area contributed by atoms with Gasteiger partial charge in [-0.2, -0.15) is 4.40 Å². The molecule has 5 heteroatoms. The third kappa shape index (κ3) is 6.66. The minimum atomic E-state index is -1.19. The summed E-state index contributed by atoms with van der Waals surface area (Å²) in [6.07, 6.45) is 5.47. The van der Waals surface area contributed by atoms with E-state index in [9.17, 15) is 9.00 Å². The van der Waals surface area contributed by atoms with Crippen molar-refractivity contribution >= 4 is 23.2 Å². The highest BCUT2D eigenvalue weighted by Gasteiger charge is 2.45. The van der Waals surface area contributed by atoms with Gasteiger partial charge in [0.1, 0.15) is 16.6 Å². The van der Waals surface area contributed by atoms with Crippen LogP contribution in [0.5, 0.6) is 0 Å². The van der Waals surface area contributed by atoms with E-state index in [1.54, 1.807) is 6.21 Å². The van der Waals surface area contributed by atoms with Gasteiger partial charge in [0.2, 0.25) is 0 Å². The molecule has 24 heavy (non-hydrogen) atoms. The number of hydrogen-bond acceptors (Lipinski definition) is 3. The van der Waals surface area contributed by atoms with Gasteiger partial charge in [-0.05, 0) is 78.6 Å². The van der Waals surface area contributed by atoms with Crippen molar-refractivity contribution < 1.29 is 13.7 Å². The van der Waals surface area contributed by atoms with Crippen molar-refractivity contribution in [3.8, 4) is 0 Å². The molecule has 0 N–H and O–H groups in total. The fraction of sp³-hybridized carbons (Fsp3) is 0.895. The summed E-state index contributed by atoms with van der Waals surface area (Å²) in [6, 6.07) is 0. The minimum Gasteiger partial charge on any atom is -0.460 e. The van der Waals surface area contributed by atoms with Crippen LogP contribution in [0.15, 0.2) is 4.40 Å². The first-order chi connectivity index (χ1) is 10.7. The third-order valence-corrected chi connectivity index (χ3v) is 5.80. The van der Waals surface area contributed by atoms with E-state index in [4.69, 9.17) is 4.74 Å². The molecule has 0 amide bonds. The molecular formula is C19H35NO3S. The number of hydrogen-bond donors (Lipinski definition) is 0. The molecule has 1 aliphatic rings. The van der Waals surface area contributed by atoms with Crippen molar-refractivity contribution in [3.05, 3.63) is 0 Å². The summed E-state index contributed by atoms with van der Waals surface area (Å²) in [5.74, 6) is 0.381. The van der Waals surface area contributed by atoms with Crippen LogP contribution in [0.2, 0.25) is 0 Å². The van der Waals surface area contributed by atoms with Crippen LogP contribution in [0.4, 0.5) is 0 Å². The monoisotopic (exact) mass is 357 g/mol. The Morgan fingerprint density at radius 2 is 1.83 bits per heavy atom. The van der Waals surface area contributed by atoms with Crippen LogP contribution in [-0.4, -0.2) is 26.7 Å². The maximum absolute atomic E-state index is 12.5. The summed E-state index contributed by atoms with van der Waals surface area (Å²) in [6.45, 7) is 15.8. The molecule has 0 aliphatic heterocycles. The maximum Gasteiger partial charge on any atom is 0.310 e. The molecule has 0 aromatic rings. The first-order valence-corrected chi connectivity index (χ1v) is 10.0. The summed E-state index contributed by atoms with van der Waals surface area (Å²) < 4.78 is 21.3. The lowest BCUT2D eigenvalue weighted by Crippen LogP contribution is -2.33. The Balaban J connectivity index is 2.55. The molecule has 1 rings (SSSR count). The molecule has 1 aliphatic carbocycles. The predicted molar refractivity (Wildman–Crippen MR) is 101 cm³/mol. The number of rotatable bonds is 5. The van der Waals surface area contributed by atoms with Gasteiger partial charge in [-0.25, -0.2) is 4.21 Å². The Hall–Kier alpha value is -0.710. The highest BCUT2D eigenvalue weighted by atomic mass is 32.2. The largest absolute Gasteiger partial charge is 0.460 e. The first kappa shape index (κ1) is 21.3. The number of esters is 1. The van der Waals surface area contributed by atoms with Gasteiger partial charge < -0.3 is 4.74 Å². The zero-order chi connectivity index (χ0) is 18.8. The summed E-state index contributed by atoms with van der Waals surface area (Å²) >= 11 is 0. The molecule has 0 radical (unpaired) electrons. The van der Waals surface area contributed by atoms with Crippen LogP contribution in [0.1, 0.15) is 81.1 Å². The fourth-order valence-electron chi connectivity index (χ4n) is 3.22. The van der Waals surface area contributed by atoms with Gasteiger partial charge in [0.05, 0.1) is 10.7 Å². The van der Waals surface area contributed by atoms with Crippen LogP contribution in [-0.2, 0) is 20.5 Å². The van der Waals surface area contributed by atoms with Crippen molar-refractivity contribution in [2.75, 3.05) is 0 Å². The highest BCUT2D eigenvalue weighted by Crippen LogP contribution is 2.48. The topological polar surface area (TPSA) is 55.7 Å². The van der Waals surface area contributed by atoms with Crippen LogP contribution in [0.25, 0.3) is 0 Å². The van der Waals surface area contributed by atoms with E-state index in [2.05, 4.69) is 18.2 Å². The van der Waals surface area contributed by atoms with Crippen molar-refractivity contribution in [3.63, 3.8) is 0 Å². The summed E-state index contributed by atoms with van der Waals surface area (Å²) in [7, 11) is -1.19. The second-order valence-corrected chi connectivity index (χ2v) is 11.5. The average Bonchev–Trinajstić information content (AvgIpc) is 2.66. The van der Waals surface area contributed by atoms with Gasteiger partial charge in [0.25, 0.3) is 0 Å². The molecule has 1 saturated carbocycles. The molecule has 0 heterocycles. The first-order valence-electron chi connectivity index (χ1n) is 8.90. The second kappa shape index (κ2) is 7.67. The average molecular weight is 358 g/mol. The lowest BCUT2D eigenvalue weighted by molar-refractivity contribution is -0.163. The van der Waals surface area contributed by atoms with E-state index < -0.39 is 16.6 Å². The SMILES string of the molecule is CC(C)(C)OC(=O)C1C[C@@H](CC/C=N/S(=O)C(C)(C)C)CC1(C)C. The maximum atomic E-state index is 12.5. The zero-order valence-electron chi connectivity index (χ0n) is 16.6. The van der Waals surface area contributed by atoms with Crippen molar-refractivity contribution in [1.82, 2.24) is 0 Å². The molecule has 4 nitrogen and oxygen atoms in total. The Labute approximate surface area is 150 Å². The number of nitrogens with zero attached hydrogens (tertiary/aromatic N) is 1. The van der Waals surface area contributed by atoms with Crippen LogP contribution in [0, 0.1) is 17.3 Å². The van der Waals surface area contributed by atoms with Crippen LogP contribution in [0.3, 0.4) is 0 Å². The lowest BCUT2D eigenvalue weighted by atomic mass is 9.81. The van der Waals surface area contributed by atoms with E-state index in [0.717, 1.165) is 25.7 Å². The number of ether oxygens (including phenoxy) is 1. The Bertz CT molecular complexity index is 498. The normalized spacial score (nSPS) is 25.8. The quantitative estimate of drug-likeness (QED) is 0.529. The summed E-state index contributed by atoms with van der Waals surface area (Å²) in [4.78, 5) is 12.5. The smallest absolute Gasteiger partial charge is 0.310 e. The fourth-order valence-corrected chi connectivity index (χ4v) is 3.78. The summed E-state index contributed by atoms with van der Waals surface area (Å²) in [5.41, 5.74) is -0.465. The second-order valence-electron chi connectivity index (χ2n) is 9.61. The van der Waals surface area contributed by atoms with Gasteiger partial charge in [0, 0.05) is 6.21 Å². The van der Waals surface area contributed by atoms with Crippen molar-refractivity contribution in [2.45, 2.75) is 91.4 Å². The molecule has 0 spiro atoms. The Kier molecular flexibility index (Phi) is 6.82. The lowest BCUT2D eigenvalue weighted by Gasteiger charge is -2.29. The summed E-state index contributed by atoms with van der Waals surface area (Å²) in [5, 5.41) is 0. The van der Waals surface area contributed by atoms with Gasteiger partial charge in [0.15, 0.2) is 0 Å². The molecule has 140 valence electrons. The van der Waals surface area contributed by atoms with Crippen molar-refractivity contribution in [1.29, 1.82) is 0 Å². The Morgan fingerprint density at radius 1 is 1.25 bits per heavy atom. The van der Waals surface area contributed by atoms with Crippen LogP contribution >= 0.6 is 0 Å². The van der Waals surface area contributed by atoms with E-state index >= 15 is 0 Å². The molecule has 3 atom stereocenters. The van der Waals surface area contributed by atoms with Gasteiger partial charge in [-0.15, -0.1) is 0 Å². The highest BCUT2D eigenvalue weighted by molar-refractivity contribution is 7.85. The molecule has 0 saturated heterocycles. The zero-order valence-corrected chi connectivity index (χ0v) is 17.5. The van der Waals surface area contributed by atoms with E-state index in [0.29, 0.717) is 5.92 Å². The molecule has 1 fully saturated rings. The molecular weight excluding hydrogens is 322 g/mol. The number of carbonyl (C=O) groups is 1. The molecule has 2 unspecified atom stereocenters.